The summed E-state index contributed by atoms with van der Waals surface area (Å²) >= 11 is 0. The van der Waals surface area contributed by atoms with E-state index in [2.05, 4.69) is 16.7 Å². The van der Waals surface area contributed by atoms with Crippen LogP contribution in [0.15, 0.2) is 36.4 Å². The highest BCUT2D eigenvalue weighted by molar-refractivity contribution is 6.08. The smallest absolute Gasteiger partial charge is 0.329 e. The molecule has 2 heterocycles. The minimum absolute atomic E-state index is 0.285. The fourth-order valence-electron chi connectivity index (χ4n) is 5.32. The number of amides is 2. The Morgan fingerprint density at radius 1 is 1.03 bits per heavy atom. The third kappa shape index (κ3) is 4.56. The second-order valence-corrected chi connectivity index (χ2v) is 9.42. The van der Waals surface area contributed by atoms with Crippen LogP contribution in [0.5, 0.6) is 0 Å². The molecule has 1 saturated carbocycles. The number of carbonyl (C=O) groups excluding carboxylic acids is 4. The van der Waals surface area contributed by atoms with Crippen LogP contribution in [0.4, 0.5) is 0 Å². The Hall–Kier alpha value is -3.22. The average molecular weight is 465 g/mol. The maximum atomic E-state index is 12.8. The van der Waals surface area contributed by atoms with Gasteiger partial charge in [0.15, 0.2) is 6.61 Å². The minimum Gasteiger partial charge on any atom is -0.456 e. The third-order valence-corrected chi connectivity index (χ3v) is 7.29. The highest BCUT2D eigenvalue weighted by atomic mass is 16.5. The first-order valence-corrected chi connectivity index (χ1v) is 12.1. The van der Waals surface area contributed by atoms with Gasteiger partial charge in [-0.1, -0.05) is 43.2 Å². The van der Waals surface area contributed by atoms with Crippen LogP contribution >= 0.6 is 0 Å². The Morgan fingerprint density at radius 3 is 2.26 bits per heavy atom. The zero-order valence-corrected chi connectivity index (χ0v) is 20.1. The summed E-state index contributed by atoms with van der Waals surface area (Å²) in [5.74, 6) is -2.24. The summed E-state index contributed by atoms with van der Waals surface area (Å²) in [6.07, 6.45) is 4.06. The zero-order chi connectivity index (χ0) is 24.4. The number of fused-ring (bicyclic) bond motifs is 1. The van der Waals surface area contributed by atoms with E-state index in [1.54, 1.807) is 0 Å². The fourth-order valence-corrected chi connectivity index (χ4v) is 5.32. The topological polar surface area (TPSA) is 85.7 Å². The quantitative estimate of drug-likeness (QED) is 0.338. The number of Topliss-reactive ketones (excluding diaryl/α,β-unsaturated/α-hetero) is 1. The van der Waals surface area contributed by atoms with Gasteiger partial charge in [0.2, 0.25) is 17.6 Å². The molecule has 0 N–H and O–H groups in total. The first-order chi connectivity index (χ1) is 16.3. The summed E-state index contributed by atoms with van der Waals surface area (Å²) < 4.78 is 7.36. The van der Waals surface area contributed by atoms with Crippen molar-refractivity contribution in [1.82, 2.24) is 9.47 Å². The maximum Gasteiger partial charge on any atom is 0.329 e. The van der Waals surface area contributed by atoms with Crippen LogP contribution in [0.1, 0.15) is 59.9 Å². The normalized spacial score (nSPS) is 20.9. The van der Waals surface area contributed by atoms with Crippen LogP contribution in [-0.2, 0) is 32.1 Å². The zero-order valence-electron chi connectivity index (χ0n) is 20.1. The van der Waals surface area contributed by atoms with E-state index in [0.717, 1.165) is 42.1 Å². The van der Waals surface area contributed by atoms with E-state index < -0.39 is 18.6 Å². The molecule has 2 aliphatic rings. The van der Waals surface area contributed by atoms with Crippen molar-refractivity contribution in [2.75, 3.05) is 6.61 Å². The molecular weight excluding hydrogens is 432 g/mol. The number of carbonyl (C=O) groups is 4. The lowest BCUT2D eigenvalue weighted by atomic mass is 9.81. The molecule has 7 heteroatoms. The van der Waals surface area contributed by atoms with Crippen molar-refractivity contribution >= 4 is 23.6 Å². The molecule has 7 nitrogen and oxygen atoms in total. The van der Waals surface area contributed by atoms with Gasteiger partial charge in [0.05, 0.1) is 11.8 Å². The Balaban J connectivity index is 1.36. The molecule has 34 heavy (non-hydrogen) atoms. The molecule has 0 radical (unpaired) electrons. The molecular formula is C27H32N2O5. The SMILES string of the molecule is Cc1cc(C(=O)COC(=O)C(C)N2C(=O)C3CCCCC3C2=O)c(C)n1CCc1ccccc1. The summed E-state index contributed by atoms with van der Waals surface area (Å²) in [5.41, 5.74) is 3.53. The molecule has 0 bridgehead atoms. The number of imide groups is 1. The first kappa shape index (κ1) is 23.9. The van der Waals surface area contributed by atoms with Crippen LogP contribution in [0, 0.1) is 25.7 Å². The number of hydrogen-bond donors (Lipinski definition) is 0. The molecule has 1 saturated heterocycles. The van der Waals surface area contributed by atoms with Gasteiger partial charge < -0.3 is 9.30 Å². The van der Waals surface area contributed by atoms with Crippen molar-refractivity contribution in [2.45, 2.75) is 65.5 Å². The van der Waals surface area contributed by atoms with E-state index in [1.807, 2.05) is 38.1 Å². The minimum atomic E-state index is -1.03. The number of esters is 1. The Bertz CT molecular complexity index is 1080. The number of likely N-dealkylation sites (tertiary alicyclic amines) is 1. The number of ketones is 1. The molecule has 2 amide bonds. The van der Waals surface area contributed by atoms with Crippen molar-refractivity contribution in [1.29, 1.82) is 0 Å². The lowest BCUT2D eigenvalue weighted by Crippen LogP contribution is -2.44. The van der Waals surface area contributed by atoms with Gasteiger partial charge in [-0.05, 0) is 51.7 Å². The monoisotopic (exact) mass is 464 g/mol. The molecule has 4 rings (SSSR count). The van der Waals surface area contributed by atoms with E-state index in [0.29, 0.717) is 18.4 Å². The number of rotatable bonds is 8. The van der Waals surface area contributed by atoms with Crippen molar-refractivity contribution in [3.05, 3.63) is 58.9 Å². The standard InChI is InChI=1S/C27H32N2O5/c1-17-15-23(18(2)28(17)14-13-20-9-5-4-6-10-20)24(30)16-34-27(33)19(3)29-25(31)21-11-7-8-12-22(21)26(29)32/h4-6,9-10,15,19,21-22H,7-8,11-14,16H2,1-3H3. The molecule has 1 aliphatic heterocycles. The second-order valence-electron chi connectivity index (χ2n) is 9.42. The molecule has 0 spiro atoms. The molecule has 3 atom stereocenters. The van der Waals surface area contributed by atoms with Crippen LogP contribution in [0.3, 0.4) is 0 Å². The number of nitrogens with zero attached hydrogens (tertiary/aromatic N) is 2. The van der Waals surface area contributed by atoms with Crippen LogP contribution in [0.25, 0.3) is 0 Å². The average Bonchev–Trinajstić information content (AvgIpc) is 3.28. The van der Waals surface area contributed by atoms with Crippen molar-refractivity contribution in [3.8, 4) is 0 Å². The number of benzene rings is 1. The van der Waals surface area contributed by atoms with E-state index in [-0.39, 0.29) is 29.4 Å². The van der Waals surface area contributed by atoms with Gasteiger partial charge in [-0.3, -0.25) is 19.3 Å². The number of hydrogen-bond acceptors (Lipinski definition) is 5. The van der Waals surface area contributed by atoms with Gasteiger partial charge >= 0.3 is 5.97 Å². The molecule has 1 aromatic heterocycles. The van der Waals surface area contributed by atoms with Gasteiger partial charge in [-0.25, -0.2) is 4.79 Å². The molecule has 2 fully saturated rings. The summed E-state index contributed by atoms with van der Waals surface area (Å²) in [6.45, 7) is 5.66. The van der Waals surface area contributed by atoms with Crippen molar-refractivity contribution in [2.24, 2.45) is 11.8 Å². The summed E-state index contributed by atoms with van der Waals surface area (Å²) in [4.78, 5) is 52.0. The largest absolute Gasteiger partial charge is 0.456 e. The summed E-state index contributed by atoms with van der Waals surface area (Å²) in [5, 5.41) is 0. The lowest BCUT2D eigenvalue weighted by Gasteiger charge is -2.21. The molecule has 180 valence electrons. The molecule has 1 aliphatic carbocycles. The summed E-state index contributed by atoms with van der Waals surface area (Å²) in [6, 6.07) is 10.9. The highest BCUT2D eigenvalue weighted by Gasteiger charge is 2.51. The van der Waals surface area contributed by atoms with Gasteiger partial charge in [0.25, 0.3) is 0 Å². The Kier molecular flexibility index (Phi) is 7.00. The van der Waals surface area contributed by atoms with E-state index in [1.165, 1.54) is 12.5 Å². The van der Waals surface area contributed by atoms with E-state index >= 15 is 0 Å². The van der Waals surface area contributed by atoms with Gasteiger partial charge in [0.1, 0.15) is 6.04 Å². The van der Waals surface area contributed by atoms with Crippen LogP contribution in [-0.4, -0.2) is 45.7 Å². The Morgan fingerprint density at radius 2 is 1.65 bits per heavy atom. The van der Waals surface area contributed by atoms with Crippen molar-refractivity contribution < 1.29 is 23.9 Å². The highest BCUT2D eigenvalue weighted by Crippen LogP contribution is 2.38. The van der Waals surface area contributed by atoms with Crippen LogP contribution in [0.2, 0.25) is 0 Å². The van der Waals surface area contributed by atoms with E-state index in [4.69, 9.17) is 4.74 Å². The molecule has 1 aromatic carbocycles. The lowest BCUT2D eigenvalue weighted by molar-refractivity contribution is -0.157. The molecule has 2 aromatic rings. The number of aryl methyl sites for hydroxylation is 2. The second kappa shape index (κ2) is 9.95. The van der Waals surface area contributed by atoms with Gasteiger partial charge in [-0.2, -0.15) is 0 Å². The predicted molar refractivity (Wildman–Crippen MR) is 126 cm³/mol. The van der Waals surface area contributed by atoms with E-state index in [9.17, 15) is 19.2 Å². The van der Waals surface area contributed by atoms with Gasteiger partial charge in [-0.15, -0.1) is 0 Å². The van der Waals surface area contributed by atoms with Gasteiger partial charge in [0, 0.05) is 23.5 Å². The fraction of sp³-hybridized carbons (Fsp3) is 0.481. The Labute approximate surface area is 200 Å². The predicted octanol–water partition coefficient (Wildman–Crippen LogP) is 3.64. The van der Waals surface area contributed by atoms with Crippen LogP contribution < -0.4 is 0 Å². The van der Waals surface area contributed by atoms with Crippen molar-refractivity contribution in [3.63, 3.8) is 0 Å². The molecule has 3 unspecified atom stereocenters. The first-order valence-electron chi connectivity index (χ1n) is 12.1. The maximum absolute atomic E-state index is 12.8. The third-order valence-electron chi connectivity index (χ3n) is 7.29. The number of aromatic nitrogens is 1. The summed E-state index contributed by atoms with van der Waals surface area (Å²) in [7, 11) is 0. The number of ether oxygens (including phenoxy) is 1.